The number of nitrogens with two attached hydrogens (primary N) is 1. The summed E-state index contributed by atoms with van der Waals surface area (Å²) in [6, 6.07) is -0.981. The van der Waals surface area contributed by atoms with E-state index in [1.165, 1.54) is 11.3 Å². The summed E-state index contributed by atoms with van der Waals surface area (Å²) in [5, 5.41) is 13.8. The minimum Gasteiger partial charge on any atom is -0.480 e. The third-order valence-corrected chi connectivity index (χ3v) is 2.70. The van der Waals surface area contributed by atoms with Crippen LogP contribution in [-0.2, 0) is 16.1 Å². The molecule has 7 heteroatoms. The average molecular weight is 243 g/mol. The lowest BCUT2D eigenvalue weighted by Crippen LogP contribution is -2.32. The Balaban J connectivity index is 2.19. The van der Waals surface area contributed by atoms with Crippen LogP contribution in [0.4, 0.5) is 0 Å². The number of aromatic nitrogens is 1. The first kappa shape index (κ1) is 12.6. The van der Waals surface area contributed by atoms with Gasteiger partial charge in [-0.3, -0.25) is 9.59 Å². The second-order valence-corrected chi connectivity index (χ2v) is 4.17. The number of hydrogen-bond acceptors (Lipinski definition) is 5. The Hall–Kier alpha value is -1.47. The highest BCUT2D eigenvalue weighted by Gasteiger charge is 2.13. The summed E-state index contributed by atoms with van der Waals surface area (Å²) in [7, 11) is 0. The Morgan fingerprint density at radius 3 is 2.94 bits per heavy atom. The van der Waals surface area contributed by atoms with Crippen LogP contribution in [0.25, 0.3) is 0 Å². The third-order valence-electron chi connectivity index (χ3n) is 1.92. The summed E-state index contributed by atoms with van der Waals surface area (Å²) in [5.74, 6) is -1.31. The van der Waals surface area contributed by atoms with Gasteiger partial charge in [0.15, 0.2) is 0 Å². The fourth-order valence-corrected chi connectivity index (χ4v) is 1.57. The average Bonchev–Trinajstić information content (AvgIpc) is 2.75. The van der Waals surface area contributed by atoms with E-state index in [1.54, 1.807) is 6.20 Å². The summed E-state index contributed by atoms with van der Waals surface area (Å²) < 4.78 is 0. The van der Waals surface area contributed by atoms with Crippen LogP contribution >= 0.6 is 11.3 Å². The van der Waals surface area contributed by atoms with Gasteiger partial charge in [0.25, 0.3) is 0 Å². The van der Waals surface area contributed by atoms with Gasteiger partial charge in [-0.25, -0.2) is 4.98 Å². The predicted octanol–water partition coefficient (Wildman–Crippen LogP) is -0.0486. The van der Waals surface area contributed by atoms with Gasteiger partial charge in [-0.2, -0.15) is 0 Å². The van der Waals surface area contributed by atoms with Crippen molar-refractivity contribution in [3.63, 3.8) is 0 Å². The minimum absolute atomic E-state index is 0.110. The topological polar surface area (TPSA) is 105 Å². The highest BCUT2D eigenvalue weighted by atomic mass is 32.1. The molecular formula is C9H13N3O3S. The highest BCUT2D eigenvalue weighted by Crippen LogP contribution is 2.03. The monoisotopic (exact) mass is 243 g/mol. The molecule has 0 aliphatic carbocycles. The van der Waals surface area contributed by atoms with Gasteiger partial charge in [0.1, 0.15) is 11.0 Å². The highest BCUT2D eigenvalue weighted by molar-refractivity contribution is 7.09. The van der Waals surface area contributed by atoms with Crippen LogP contribution in [-0.4, -0.2) is 28.0 Å². The van der Waals surface area contributed by atoms with Crippen molar-refractivity contribution in [1.82, 2.24) is 10.3 Å². The van der Waals surface area contributed by atoms with Gasteiger partial charge >= 0.3 is 5.97 Å². The Kier molecular flexibility index (Phi) is 4.87. The number of amides is 1. The van der Waals surface area contributed by atoms with E-state index in [0.29, 0.717) is 6.54 Å². The summed E-state index contributed by atoms with van der Waals surface area (Å²) in [4.78, 5) is 25.7. The maximum atomic E-state index is 11.3. The molecule has 0 bridgehead atoms. The maximum Gasteiger partial charge on any atom is 0.320 e. The Morgan fingerprint density at radius 1 is 1.62 bits per heavy atom. The molecule has 88 valence electrons. The molecule has 1 aromatic heterocycles. The Morgan fingerprint density at radius 2 is 2.38 bits per heavy atom. The van der Waals surface area contributed by atoms with E-state index in [0.717, 1.165) is 5.01 Å². The molecule has 1 atom stereocenters. The predicted molar refractivity (Wildman–Crippen MR) is 58.8 cm³/mol. The van der Waals surface area contributed by atoms with Crippen molar-refractivity contribution in [2.24, 2.45) is 5.73 Å². The van der Waals surface area contributed by atoms with Gasteiger partial charge in [-0.15, -0.1) is 11.3 Å². The molecule has 0 saturated heterocycles. The first-order valence-corrected chi connectivity index (χ1v) is 5.61. The number of hydrogen-bond donors (Lipinski definition) is 3. The molecule has 4 N–H and O–H groups in total. The fourth-order valence-electron chi connectivity index (χ4n) is 1.01. The molecule has 1 rings (SSSR count). The van der Waals surface area contributed by atoms with E-state index < -0.39 is 12.0 Å². The van der Waals surface area contributed by atoms with E-state index in [1.807, 2.05) is 5.38 Å². The van der Waals surface area contributed by atoms with Crippen molar-refractivity contribution in [2.45, 2.75) is 25.4 Å². The summed E-state index contributed by atoms with van der Waals surface area (Å²) in [5.41, 5.74) is 5.27. The molecule has 0 fully saturated rings. The van der Waals surface area contributed by atoms with Crippen LogP contribution in [0.5, 0.6) is 0 Å². The molecule has 1 amide bonds. The smallest absolute Gasteiger partial charge is 0.320 e. The van der Waals surface area contributed by atoms with Gasteiger partial charge in [0, 0.05) is 18.0 Å². The Labute approximate surface area is 96.5 Å². The van der Waals surface area contributed by atoms with Crippen LogP contribution in [0.1, 0.15) is 17.8 Å². The molecule has 0 aliphatic heterocycles. The van der Waals surface area contributed by atoms with E-state index in [9.17, 15) is 9.59 Å². The first-order chi connectivity index (χ1) is 7.59. The molecule has 0 spiro atoms. The second-order valence-electron chi connectivity index (χ2n) is 3.19. The summed E-state index contributed by atoms with van der Waals surface area (Å²) in [6.07, 6.45) is 1.91. The van der Waals surface area contributed by atoms with Crippen LogP contribution in [0.3, 0.4) is 0 Å². The van der Waals surface area contributed by atoms with Crippen molar-refractivity contribution in [2.75, 3.05) is 0 Å². The number of nitrogens with zero attached hydrogens (tertiary/aromatic N) is 1. The standard InChI is InChI=1S/C9H13N3O3S/c10-6(9(14)15)1-2-7(13)12-5-8-11-3-4-16-8/h3-4,6H,1-2,5,10H2,(H,12,13)(H,14,15). The van der Waals surface area contributed by atoms with Crippen molar-refractivity contribution >= 4 is 23.2 Å². The molecule has 0 aromatic carbocycles. The van der Waals surface area contributed by atoms with E-state index >= 15 is 0 Å². The van der Waals surface area contributed by atoms with Crippen molar-refractivity contribution in [1.29, 1.82) is 0 Å². The summed E-state index contributed by atoms with van der Waals surface area (Å²) >= 11 is 1.45. The van der Waals surface area contributed by atoms with Crippen LogP contribution < -0.4 is 11.1 Å². The molecule has 1 unspecified atom stereocenters. The number of carboxylic acid groups (broad SMARTS) is 1. The van der Waals surface area contributed by atoms with Gasteiger partial charge in [0.05, 0.1) is 6.54 Å². The zero-order valence-electron chi connectivity index (χ0n) is 8.55. The maximum absolute atomic E-state index is 11.3. The number of thiazole rings is 1. The largest absolute Gasteiger partial charge is 0.480 e. The van der Waals surface area contributed by atoms with Gasteiger partial charge in [-0.05, 0) is 6.42 Å². The molecule has 0 aliphatic rings. The SMILES string of the molecule is NC(CCC(=O)NCc1nccs1)C(=O)O. The second kappa shape index (κ2) is 6.19. The number of carbonyl (C=O) groups excluding carboxylic acids is 1. The number of nitrogens with one attached hydrogen (secondary N) is 1. The molecule has 6 nitrogen and oxygen atoms in total. The zero-order valence-corrected chi connectivity index (χ0v) is 9.37. The third kappa shape index (κ3) is 4.37. The van der Waals surface area contributed by atoms with Gasteiger partial charge < -0.3 is 16.2 Å². The molecule has 1 heterocycles. The number of rotatable bonds is 6. The summed E-state index contributed by atoms with van der Waals surface area (Å²) in [6.45, 7) is 0.374. The fraction of sp³-hybridized carbons (Fsp3) is 0.444. The lowest BCUT2D eigenvalue weighted by Gasteiger charge is -2.06. The Bertz CT molecular complexity index is 353. The molecule has 0 radical (unpaired) electrons. The zero-order chi connectivity index (χ0) is 12.0. The molecule has 1 aromatic rings. The van der Waals surface area contributed by atoms with Crippen molar-refractivity contribution in [3.8, 4) is 0 Å². The number of carbonyl (C=O) groups is 2. The lowest BCUT2D eigenvalue weighted by atomic mass is 10.1. The lowest BCUT2D eigenvalue weighted by molar-refractivity contribution is -0.138. The number of carboxylic acids is 1. The quantitative estimate of drug-likeness (QED) is 0.649. The van der Waals surface area contributed by atoms with Crippen molar-refractivity contribution < 1.29 is 14.7 Å². The number of aliphatic carboxylic acids is 1. The first-order valence-electron chi connectivity index (χ1n) is 4.73. The van der Waals surface area contributed by atoms with Crippen LogP contribution in [0.15, 0.2) is 11.6 Å². The van der Waals surface area contributed by atoms with E-state index in [2.05, 4.69) is 10.3 Å². The van der Waals surface area contributed by atoms with Gasteiger partial charge in [-0.1, -0.05) is 0 Å². The van der Waals surface area contributed by atoms with Gasteiger partial charge in [0.2, 0.25) is 5.91 Å². The van der Waals surface area contributed by atoms with Crippen molar-refractivity contribution in [3.05, 3.63) is 16.6 Å². The van der Waals surface area contributed by atoms with E-state index in [-0.39, 0.29) is 18.7 Å². The van der Waals surface area contributed by atoms with Crippen LogP contribution in [0.2, 0.25) is 0 Å². The van der Waals surface area contributed by atoms with Crippen LogP contribution in [0, 0.1) is 0 Å². The normalized spacial score (nSPS) is 12.1. The minimum atomic E-state index is -1.09. The molecule has 0 saturated carbocycles. The molecular weight excluding hydrogens is 230 g/mol. The molecule has 16 heavy (non-hydrogen) atoms. The van der Waals surface area contributed by atoms with E-state index in [4.69, 9.17) is 10.8 Å².